The van der Waals surface area contributed by atoms with Gasteiger partial charge in [0.25, 0.3) is 0 Å². The van der Waals surface area contributed by atoms with Crippen molar-refractivity contribution >= 4 is 5.69 Å². The highest BCUT2D eigenvalue weighted by molar-refractivity contribution is 5.52. The molecule has 1 unspecified atom stereocenters. The van der Waals surface area contributed by atoms with Crippen molar-refractivity contribution in [3.63, 3.8) is 0 Å². The van der Waals surface area contributed by atoms with E-state index in [1.165, 1.54) is 56.3 Å². The van der Waals surface area contributed by atoms with Gasteiger partial charge >= 0.3 is 0 Å². The van der Waals surface area contributed by atoms with E-state index in [4.69, 9.17) is 0 Å². The van der Waals surface area contributed by atoms with Gasteiger partial charge in [0.2, 0.25) is 0 Å². The summed E-state index contributed by atoms with van der Waals surface area (Å²) < 4.78 is 0. The average Bonchev–Trinajstić information content (AvgIpc) is 3.25. The first kappa shape index (κ1) is 12.9. The van der Waals surface area contributed by atoms with Crippen LogP contribution in [0.5, 0.6) is 0 Å². The lowest BCUT2D eigenvalue weighted by Gasteiger charge is -2.31. The zero-order valence-corrected chi connectivity index (χ0v) is 11.9. The minimum absolute atomic E-state index is 0.645. The Kier molecular flexibility index (Phi) is 4.02. The Balaban J connectivity index is 1.76. The predicted octanol–water partition coefficient (Wildman–Crippen LogP) is 3.10. The quantitative estimate of drug-likeness (QED) is 0.900. The number of nitrogens with one attached hydrogen (secondary N) is 1. The third-order valence-corrected chi connectivity index (χ3v) is 4.41. The normalized spacial score (nSPS) is 24.3. The van der Waals surface area contributed by atoms with Gasteiger partial charge in [-0.15, -0.1) is 0 Å². The third-order valence-electron chi connectivity index (χ3n) is 4.41. The maximum Gasteiger partial charge on any atom is 0.0600 e. The molecule has 3 rings (SSSR count). The summed E-state index contributed by atoms with van der Waals surface area (Å²) in [4.78, 5) is 6.93. The fourth-order valence-corrected chi connectivity index (χ4v) is 3.00. The summed E-state index contributed by atoms with van der Waals surface area (Å²) in [5.74, 6) is 0. The first-order valence-corrected chi connectivity index (χ1v) is 7.77. The van der Waals surface area contributed by atoms with Crippen LogP contribution >= 0.6 is 0 Å². The largest absolute Gasteiger partial charge is 0.367 e. The Morgan fingerprint density at radius 3 is 3.00 bits per heavy atom. The molecule has 1 saturated carbocycles. The maximum absolute atomic E-state index is 4.36. The second-order valence-corrected chi connectivity index (χ2v) is 6.05. The van der Waals surface area contributed by atoms with Crippen molar-refractivity contribution < 1.29 is 0 Å². The van der Waals surface area contributed by atoms with Crippen molar-refractivity contribution in [2.24, 2.45) is 0 Å². The fraction of sp³-hybridized carbons (Fsp3) is 0.688. The summed E-state index contributed by atoms with van der Waals surface area (Å²) in [7, 11) is 0. The SMILES string of the molecule is CC1CCCCCN1c1cnccc1CNC1CC1. The van der Waals surface area contributed by atoms with Crippen LogP contribution in [0.3, 0.4) is 0 Å². The van der Waals surface area contributed by atoms with Crippen molar-refractivity contribution in [2.75, 3.05) is 11.4 Å². The van der Waals surface area contributed by atoms with Crippen molar-refractivity contribution in [1.82, 2.24) is 10.3 Å². The molecule has 0 bridgehead atoms. The van der Waals surface area contributed by atoms with E-state index in [0.29, 0.717) is 6.04 Å². The number of pyridine rings is 1. The van der Waals surface area contributed by atoms with E-state index < -0.39 is 0 Å². The van der Waals surface area contributed by atoms with Gasteiger partial charge in [0.15, 0.2) is 0 Å². The lowest BCUT2D eigenvalue weighted by molar-refractivity contribution is 0.609. The molecule has 0 amide bonds. The van der Waals surface area contributed by atoms with Crippen LogP contribution in [-0.4, -0.2) is 23.6 Å². The van der Waals surface area contributed by atoms with Crippen LogP contribution in [0.1, 0.15) is 51.0 Å². The van der Waals surface area contributed by atoms with Gasteiger partial charge in [-0.25, -0.2) is 0 Å². The maximum atomic E-state index is 4.36. The van der Waals surface area contributed by atoms with E-state index in [0.717, 1.165) is 12.6 Å². The van der Waals surface area contributed by atoms with Crippen molar-refractivity contribution in [3.05, 3.63) is 24.0 Å². The molecule has 19 heavy (non-hydrogen) atoms. The Morgan fingerprint density at radius 1 is 1.26 bits per heavy atom. The van der Waals surface area contributed by atoms with Gasteiger partial charge in [-0.05, 0) is 44.2 Å². The Bertz CT molecular complexity index is 414. The van der Waals surface area contributed by atoms with E-state index in [2.05, 4.69) is 34.4 Å². The van der Waals surface area contributed by atoms with Gasteiger partial charge in [0, 0.05) is 31.4 Å². The second-order valence-electron chi connectivity index (χ2n) is 6.05. The molecule has 3 nitrogen and oxygen atoms in total. The van der Waals surface area contributed by atoms with E-state index in [-0.39, 0.29) is 0 Å². The smallest absolute Gasteiger partial charge is 0.0600 e. The first-order valence-electron chi connectivity index (χ1n) is 7.77. The molecule has 1 aromatic heterocycles. The fourth-order valence-electron chi connectivity index (χ4n) is 3.00. The Morgan fingerprint density at radius 2 is 2.16 bits per heavy atom. The standard InChI is InChI=1S/C16H25N3/c1-13-5-3-2-4-10-19(13)16-12-17-9-8-14(16)11-18-15-6-7-15/h8-9,12-13,15,18H,2-7,10-11H2,1H3. The predicted molar refractivity (Wildman–Crippen MR) is 79.4 cm³/mol. The van der Waals surface area contributed by atoms with E-state index >= 15 is 0 Å². The zero-order chi connectivity index (χ0) is 13.1. The summed E-state index contributed by atoms with van der Waals surface area (Å²) in [6.07, 6.45) is 12.0. The third kappa shape index (κ3) is 3.27. The molecule has 1 aromatic rings. The zero-order valence-electron chi connectivity index (χ0n) is 11.9. The van der Waals surface area contributed by atoms with Crippen LogP contribution in [-0.2, 0) is 6.54 Å². The molecule has 2 aliphatic rings. The summed E-state index contributed by atoms with van der Waals surface area (Å²) >= 11 is 0. The van der Waals surface area contributed by atoms with Crippen molar-refractivity contribution in [1.29, 1.82) is 0 Å². The summed E-state index contributed by atoms with van der Waals surface area (Å²) in [5.41, 5.74) is 2.76. The number of hydrogen-bond donors (Lipinski definition) is 1. The molecule has 1 aliphatic carbocycles. The van der Waals surface area contributed by atoms with Crippen LogP contribution < -0.4 is 10.2 Å². The van der Waals surface area contributed by atoms with Crippen LogP contribution in [0.4, 0.5) is 5.69 Å². The van der Waals surface area contributed by atoms with Crippen LogP contribution in [0, 0.1) is 0 Å². The molecule has 0 radical (unpaired) electrons. The van der Waals surface area contributed by atoms with Gasteiger partial charge in [0.1, 0.15) is 0 Å². The number of rotatable bonds is 4. The van der Waals surface area contributed by atoms with Gasteiger partial charge in [0.05, 0.1) is 11.9 Å². The molecule has 1 N–H and O–H groups in total. The number of anilines is 1. The molecular formula is C16H25N3. The van der Waals surface area contributed by atoms with E-state index in [1.54, 1.807) is 0 Å². The average molecular weight is 259 g/mol. The highest BCUT2D eigenvalue weighted by atomic mass is 15.2. The minimum atomic E-state index is 0.645. The molecule has 1 aliphatic heterocycles. The highest BCUT2D eigenvalue weighted by Crippen LogP contribution is 2.27. The number of aromatic nitrogens is 1. The van der Waals surface area contributed by atoms with Crippen LogP contribution in [0.2, 0.25) is 0 Å². The molecule has 0 spiro atoms. The molecule has 2 fully saturated rings. The Labute approximate surface area is 116 Å². The molecule has 2 heterocycles. The molecular weight excluding hydrogens is 234 g/mol. The van der Waals surface area contributed by atoms with Crippen molar-refractivity contribution in [3.8, 4) is 0 Å². The summed E-state index contributed by atoms with van der Waals surface area (Å²) in [6.45, 7) is 4.53. The monoisotopic (exact) mass is 259 g/mol. The highest BCUT2D eigenvalue weighted by Gasteiger charge is 2.23. The second kappa shape index (κ2) is 5.91. The molecule has 0 aromatic carbocycles. The molecule has 1 atom stereocenters. The minimum Gasteiger partial charge on any atom is -0.367 e. The summed E-state index contributed by atoms with van der Waals surface area (Å²) in [5, 5.41) is 3.63. The van der Waals surface area contributed by atoms with Crippen LogP contribution in [0.15, 0.2) is 18.5 Å². The van der Waals surface area contributed by atoms with Gasteiger partial charge < -0.3 is 10.2 Å². The number of nitrogens with zero attached hydrogens (tertiary/aromatic N) is 2. The topological polar surface area (TPSA) is 28.2 Å². The Hall–Kier alpha value is -1.09. The molecule has 3 heteroatoms. The molecule has 1 saturated heterocycles. The van der Waals surface area contributed by atoms with Gasteiger partial charge in [-0.1, -0.05) is 12.8 Å². The van der Waals surface area contributed by atoms with Crippen LogP contribution in [0.25, 0.3) is 0 Å². The number of hydrogen-bond acceptors (Lipinski definition) is 3. The van der Waals surface area contributed by atoms with E-state index in [9.17, 15) is 0 Å². The van der Waals surface area contributed by atoms with Gasteiger partial charge in [-0.3, -0.25) is 4.98 Å². The lowest BCUT2D eigenvalue weighted by Crippen LogP contribution is -2.34. The summed E-state index contributed by atoms with van der Waals surface area (Å²) in [6, 6.07) is 3.59. The van der Waals surface area contributed by atoms with Gasteiger partial charge in [-0.2, -0.15) is 0 Å². The lowest BCUT2D eigenvalue weighted by atomic mass is 10.1. The van der Waals surface area contributed by atoms with Crippen molar-refractivity contribution in [2.45, 2.75) is 64.1 Å². The van der Waals surface area contributed by atoms with E-state index in [1.807, 2.05) is 6.20 Å². The first-order chi connectivity index (χ1) is 9.34. The molecule has 104 valence electrons.